The first-order valence-corrected chi connectivity index (χ1v) is 11.7. The molecule has 0 bridgehead atoms. The Labute approximate surface area is 187 Å². The van der Waals surface area contributed by atoms with Crippen LogP contribution >= 0.6 is 0 Å². The van der Waals surface area contributed by atoms with Crippen LogP contribution in [-0.2, 0) is 4.74 Å². The van der Waals surface area contributed by atoms with Crippen molar-refractivity contribution in [2.24, 2.45) is 17.8 Å². The molecule has 2 aliphatic carbocycles. The number of halogens is 2. The lowest BCUT2D eigenvalue weighted by atomic mass is 9.91. The minimum Gasteiger partial charge on any atom is -0.493 e. The molecular weight excluding hydrogens is 418 g/mol. The van der Waals surface area contributed by atoms with Crippen molar-refractivity contribution in [2.75, 3.05) is 19.7 Å². The van der Waals surface area contributed by atoms with Crippen molar-refractivity contribution in [3.8, 4) is 5.75 Å². The maximum Gasteiger partial charge on any atom is 0.410 e. The van der Waals surface area contributed by atoms with E-state index in [0.717, 1.165) is 63.7 Å². The lowest BCUT2D eigenvalue weighted by molar-refractivity contribution is 0.0632. The maximum absolute atomic E-state index is 14.3. The van der Waals surface area contributed by atoms with Crippen LogP contribution in [0.25, 0.3) is 0 Å². The number of hydrogen-bond donors (Lipinski definition) is 1. The van der Waals surface area contributed by atoms with Crippen molar-refractivity contribution in [1.29, 1.82) is 0 Å². The van der Waals surface area contributed by atoms with Crippen LogP contribution in [0.1, 0.15) is 62.7 Å². The number of benzene rings is 1. The number of nitrogens with zero attached hydrogens (tertiary/aromatic N) is 1. The largest absolute Gasteiger partial charge is 0.493 e. The SMILES string of the molecule is CC(C)OC(=O)N1CCC([C@H]2C[C@H]2CCOc2cc(F)c(C(=O)NC3CC3)c(F)c2)CC1. The number of carbonyl (C=O) groups excluding carboxylic acids is 2. The van der Waals surface area contributed by atoms with E-state index in [-0.39, 0.29) is 24.0 Å². The number of amides is 2. The van der Waals surface area contributed by atoms with Gasteiger partial charge in [-0.1, -0.05) is 0 Å². The van der Waals surface area contributed by atoms with E-state index in [1.54, 1.807) is 4.90 Å². The van der Waals surface area contributed by atoms with E-state index in [1.807, 2.05) is 13.8 Å². The number of piperidine rings is 1. The summed E-state index contributed by atoms with van der Waals surface area (Å²) in [5.74, 6) is -0.621. The van der Waals surface area contributed by atoms with Crippen molar-refractivity contribution >= 4 is 12.0 Å². The maximum atomic E-state index is 14.3. The lowest BCUT2D eigenvalue weighted by Gasteiger charge is -2.32. The second kappa shape index (κ2) is 9.63. The lowest BCUT2D eigenvalue weighted by Crippen LogP contribution is -2.40. The van der Waals surface area contributed by atoms with Gasteiger partial charge in [0.25, 0.3) is 5.91 Å². The molecule has 2 saturated carbocycles. The predicted octanol–water partition coefficient (Wildman–Crippen LogP) is 4.52. The van der Waals surface area contributed by atoms with E-state index in [2.05, 4.69) is 5.32 Å². The number of likely N-dealkylation sites (tertiary alicyclic amines) is 1. The zero-order chi connectivity index (χ0) is 22.8. The van der Waals surface area contributed by atoms with Gasteiger partial charge in [0.05, 0.1) is 12.7 Å². The third kappa shape index (κ3) is 5.70. The monoisotopic (exact) mass is 450 g/mol. The summed E-state index contributed by atoms with van der Waals surface area (Å²) in [5, 5.41) is 2.60. The van der Waals surface area contributed by atoms with E-state index in [9.17, 15) is 18.4 Å². The molecule has 1 saturated heterocycles. The smallest absolute Gasteiger partial charge is 0.410 e. The van der Waals surface area contributed by atoms with Crippen molar-refractivity contribution in [1.82, 2.24) is 10.2 Å². The molecule has 2 atom stereocenters. The Balaban J connectivity index is 1.19. The molecule has 2 amide bonds. The Kier molecular flexibility index (Phi) is 6.86. The van der Waals surface area contributed by atoms with Gasteiger partial charge in [-0.05, 0) is 70.1 Å². The molecule has 0 spiro atoms. The predicted molar refractivity (Wildman–Crippen MR) is 114 cm³/mol. The highest BCUT2D eigenvalue weighted by Crippen LogP contribution is 2.49. The Morgan fingerprint density at radius 1 is 1.12 bits per heavy atom. The Hall–Kier alpha value is -2.38. The zero-order valence-corrected chi connectivity index (χ0v) is 18.7. The van der Waals surface area contributed by atoms with Crippen LogP contribution in [0, 0.1) is 29.4 Å². The zero-order valence-electron chi connectivity index (χ0n) is 18.7. The molecule has 1 heterocycles. The number of hydrogen-bond acceptors (Lipinski definition) is 4. The fourth-order valence-electron chi connectivity index (χ4n) is 4.63. The summed E-state index contributed by atoms with van der Waals surface area (Å²) in [6.45, 7) is 5.55. The summed E-state index contributed by atoms with van der Waals surface area (Å²) < 4.78 is 39.4. The van der Waals surface area contributed by atoms with Gasteiger partial charge in [0.1, 0.15) is 22.9 Å². The van der Waals surface area contributed by atoms with Gasteiger partial charge in [0.15, 0.2) is 0 Å². The molecule has 1 aromatic carbocycles. The van der Waals surface area contributed by atoms with Gasteiger partial charge in [0, 0.05) is 31.3 Å². The molecule has 6 nitrogen and oxygen atoms in total. The summed E-state index contributed by atoms with van der Waals surface area (Å²) in [5.41, 5.74) is -0.546. The molecule has 0 radical (unpaired) electrons. The molecule has 3 fully saturated rings. The molecule has 1 aliphatic heterocycles. The highest BCUT2D eigenvalue weighted by Gasteiger charge is 2.43. The molecule has 1 N–H and O–H groups in total. The molecule has 1 aromatic rings. The van der Waals surface area contributed by atoms with Gasteiger partial charge in [0.2, 0.25) is 0 Å². The minimum atomic E-state index is -0.898. The average molecular weight is 451 g/mol. The molecule has 176 valence electrons. The van der Waals surface area contributed by atoms with E-state index in [0.29, 0.717) is 24.4 Å². The number of nitrogens with one attached hydrogen (secondary N) is 1. The van der Waals surface area contributed by atoms with E-state index in [1.165, 1.54) is 0 Å². The van der Waals surface area contributed by atoms with Crippen molar-refractivity contribution < 1.29 is 27.8 Å². The molecule has 0 aromatic heterocycles. The van der Waals surface area contributed by atoms with Crippen molar-refractivity contribution in [2.45, 2.75) is 64.5 Å². The normalized spacial score (nSPS) is 23.2. The van der Waals surface area contributed by atoms with Gasteiger partial charge >= 0.3 is 6.09 Å². The quantitative estimate of drug-likeness (QED) is 0.632. The van der Waals surface area contributed by atoms with E-state index in [4.69, 9.17) is 9.47 Å². The Bertz CT molecular complexity index is 827. The molecule has 3 aliphatic rings. The molecule has 32 heavy (non-hydrogen) atoms. The highest BCUT2D eigenvalue weighted by molar-refractivity contribution is 5.95. The van der Waals surface area contributed by atoms with Crippen LogP contribution in [-0.4, -0.2) is 48.7 Å². The summed E-state index contributed by atoms with van der Waals surface area (Å²) in [7, 11) is 0. The van der Waals surface area contributed by atoms with Crippen LogP contribution in [0.15, 0.2) is 12.1 Å². The van der Waals surface area contributed by atoms with Crippen LogP contribution < -0.4 is 10.1 Å². The number of rotatable bonds is 8. The number of ether oxygens (including phenoxy) is 2. The van der Waals surface area contributed by atoms with Gasteiger partial charge < -0.3 is 19.7 Å². The van der Waals surface area contributed by atoms with E-state index < -0.39 is 23.1 Å². The third-order valence-electron chi connectivity index (χ3n) is 6.63. The standard InChI is InChI=1S/C24H32F2N2O4/c1-14(2)32-24(30)28-8-5-15(6-9-28)19-11-16(19)7-10-31-18-12-20(25)22(21(26)13-18)23(29)27-17-3-4-17/h12-17,19H,3-11H2,1-2H3,(H,27,29)/t16-,19-/m1/s1. The summed E-state index contributed by atoms with van der Waals surface area (Å²) in [6.07, 6.45) is 5.29. The Morgan fingerprint density at radius 3 is 2.38 bits per heavy atom. The average Bonchev–Trinajstić information content (AvgIpc) is 3.64. The fourth-order valence-corrected chi connectivity index (χ4v) is 4.63. The minimum absolute atomic E-state index is 0.0322. The highest BCUT2D eigenvalue weighted by atomic mass is 19.1. The first-order valence-electron chi connectivity index (χ1n) is 11.7. The van der Waals surface area contributed by atoms with Crippen LogP contribution in [0.2, 0.25) is 0 Å². The van der Waals surface area contributed by atoms with Crippen LogP contribution in [0.5, 0.6) is 5.75 Å². The number of carbonyl (C=O) groups is 2. The van der Waals surface area contributed by atoms with Gasteiger partial charge in [-0.3, -0.25) is 4.79 Å². The molecular formula is C24H32F2N2O4. The van der Waals surface area contributed by atoms with Crippen molar-refractivity contribution in [3.63, 3.8) is 0 Å². The first-order chi connectivity index (χ1) is 15.3. The first kappa shape index (κ1) is 22.8. The molecule has 4 rings (SSSR count). The summed E-state index contributed by atoms with van der Waals surface area (Å²) in [6, 6.07) is 2.20. The Morgan fingerprint density at radius 2 is 1.78 bits per heavy atom. The molecule has 8 heteroatoms. The van der Waals surface area contributed by atoms with Gasteiger partial charge in [-0.15, -0.1) is 0 Å². The molecule has 0 unspecified atom stereocenters. The summed E-state index contributed by atoms with van der Waals surface area (Å²) in [4.78, 5) is 25.8. The van der Waals surface area contributed by atoms with Crippen LogP contribution in [0.4, 0.5) is 13.6 Å². The van der Waals surface area contributed by atoms with E-state index >= 15 is 0 Å². The fraction of sp³-hybridized carbons (Fsp3) is 0.667. The topological polar surface area (TPSA) is 67.9 Å². The summed E-state index contributed by atoms with van der Waals surface area (Å²) >= 11 is 0. The second-order valence-corrected chi connectivity index (χ2v) is 9.56. The van der Waals surface area contributed by atoms with Crippen molar-refractivity contribution in [3.05, 3.63) is 29.3 Å². The third-order valence-corrected chi connectivity index (χ3v) is 6.63. The second-order valence-electron chi connectivity index (χ2n) is 9.56. The van der Waals surface area contributed by atoms with Crippen LogP contribution in [0.3, 0.4) is 0 Å². The van der Waals surface area contributed by atoms with Gasteiger partial charge in [-0.2, -0.15) is 0 Å². The van der Waals surface area contributed by atoms with Gasteiger partial charge in [-0.25, -0.2) is 13.6 Å².